The second-order valence-electron chi connectivity index (χ2n) is 9.44. The zero-order valence-electron chi connectivity index (χ0n) is 21.1. The Hall–Kier alpha value is -3.07. The Balaban J connectivity index is 1.75. The van der Waals surface area contributed by atoms with E-state index in [1.165, 1.54) is 0 Å². The molecule has 0 fully saturated rings. The summed E-state index contributed by atoms with van der Waals surface area (Å²) < 4.78 is 27.2. The van der Waals surface area contributed by atoms with Gasteiger partial charge in [0.15, 0.2) is 0 Å². The Morgan fingerprint density at radius 2 is 1.50 bits per heavy atom. The highest BCUT2D eigenvalue weighted by molar-refractivity contribution is 7.84. The summed E-state index contributed by atoms with van der Waals surface area (Å²) in [6.45, 7) is 6.43. The standard InChI is InChI=1S/C28H35N3O4S/c1-28(2,3)36(33)31-25(18-24-16-10-11-17-29-24)26(21-34-19-22-12-6-4-7-13-22)30-27(32)35-20-23-14-8-5-9-15-23/h4-17,25-26,31H,18-21H2,1-3H3,(H,30,32)/t25-,26+,36-/m1/s1. The van der Waals surface area contributed by atoms with Crippen LogP contribution in [0.5, 0.6) is 0 Å². The van der Waals surface area contributed by atoms with Crippen molar-refractivity contribution in [2.75, 3.05) is 6.61 Å². The maximum absolute atomic E-state index is 13.1. The second kappa shape index (κ2) is 13.9. The van der Waals surface area contributed by atoms with E-state index in [2.05, 4.69) is 15.0 Å². The molecule has 1 amide bonds. The van der Waals surface area contributed by atoms with Crippen LogP contribution in [0, 0.1) is 0 Å². The smallest absolute Gasteiger partial charge is 0.407 e. The Bertz CT molecular complexity index is 1080. The molecule has 2 N–H and O–H groups in total. The highest BCUT2D eigenvalue weighted by Crippen LogP contribution is 2.14. The topological polar surface area (TPSA) is 89.5 Å². The van der Waals surface area contributed by atoms with Gasteiger partial charge in [-0.25, -0.2) is 13.7 Å². The van der Waals surface area contributed by atoms with Crippen molar-refractivity contribution in [3.05, 3.63) is 102 Å². The Kier molecular flexibility index (Phi) is 10.6. The third kappa shape index (κ3) is 9.53. The minimum absolute atomic E-state index is 0.149. The lowest BCUT2D eigenvalue weighted by Gasteiger charge is -2.30. The monoisotopic (exact) mass is 509 g/mol. The number of carbonyl (C=O) groups is 1. The number of alkyl carbamates (subject to hydrolysis) is 1. The minimum Gasteiger partial charge on any atom is -0.445 e. The van der Waals surface area contributed by atoms with Gasteiger partial charge in [0.25, 0.3) is 0 Å². The first kappa shape index (κ1) is 27.5. The van der Waals surface area contributed by atoms with E-state index >= 15 is 0 Å². The summed E-state index contributed by atoms with van der Waals surface area (Å²) in [5.41, 5.74) is 2.73. The fourth-order valence-electron chi connectivity index (χ4n) is 3.38. The van der Waals surface area contributed by atoms with Gasteiger partial charge in [0.05, 0.1) is 35.0 Å². The summed E-state index contributed by atoms with van der Waals surface area (Å²) in [6, 6.07) is 24.0. The SMILES string of the molecule is CC(C)(C)[S@@](=O)N[C@H](Cc1ccccn1)[C@H](COCc1ccccc1)NC(=O)OCc1ccccc1. The number of pyridine rings is 1. The molecule has 7 nitrogen and oxygen atoms in total. The van der Waals surface area contributed by atoms with Crippen molar-refractivity contribution in [2.24, 2.45) is 0 Å². The van der Waals surface area contributed by atoms with Crippen molar-refractivity contribution in [1.82, 2.24) is 15.0 Å². The van der Waals surface area contributed by atoms with Crippen LogP contribution < -0.4 is 10.0 Å². The predicted octanol–water partition coefficient (Wildman–Crippen LogP) is 4.56. The van der Waals surface area contributed by atoms with Gasteiger partial charge in [-0.15, -0.1) is 0 Å². The van der Waals surface area contributed by atoms with Crippen molar-refractivity contribution in [2.45, 2.75) is 57.2 Å². The molecule has 36 heavy (non-hydrogen) atoms. The molecule has 3 aromatic rings. The Morgan fingerprint density at radius 1 is 0.889 bits per heavy atom. The van der Waals surface area contributed by atoms with E-state index in [1.807, 2.05) is 99.6 Å². The molecular weight excluding hydrogens is 474 g/mol. The van der Waals surface area contributed by atoms with Gasteiger partial charge >= 0.3 is 6.09 Å². The average Bonchev–Trinajstić information content (AvgIpc) is 2.88. The number of amides is 1. The summed E-state index contributed by atoms with van der Waals surface area (Å²) >= 11 is 0. The number of hydrogen-bond acceptors (Lipinski definition) is 5. The number of benzene rings is 2. The van der Waals surface area contributed by atoms with Crippen LogP contribution in [0.25, 0.3) is 0 Å². The Labute approximate surface area is 216 Å². The molecule has 0 bridgehead atoms. The molecule has 8 heteroatoms. The molecule has 1 aromatic heterocycles. The van der Waals surface area contributed by atoms with Crippen molar-refractivity contribution in [3.8, 4) is 0 Å². The van der Waals surface area contributed by atoms with Crippen molar-refractivity contribution in [1.29, 1.82) is 0 Å². The van der Waals surface area contributed by atoms with E-state index in [0.29, 0.717) is 13.0 Å². The molecule has 0 radical (unpaired) electrons. The van der Waals surface area contributed by atoms with Gasteiger partial charge in [-0.1, -0.05) is 66.7 Å². The van der Waals surface area contributed by atoms with Gasteiger partial charge in [0, 0.05) is 24.4 Å². The second-order valence-corrected chi connectivity index (χ2v) is 11.4. The first-order valence-electron chi connectivity index (χ1n) is 12.0. The van der Waals surface area contributed by atoms with E-state index in [9.17, 15) is 9.00 Å². The minimum atomic E-state index is -1.38. The van der Waals surface area contributed by atoms with E-state index in [1.54, 1.807) is 6.20 Å². The normalized spacial score (nSPS) is 14.0. The molecule has 2 aromatic carbocycles. The van der Waals surface area contributed by atoms with Crippen molar-refractivity contribution >= 4 is 17.1 Å². The fraction of sp³-hybridized carbons (Fsp3) is 0.357. The molecule has 3 rings (SSSR count). The number of ether oxygens (including phenoxy) is 2. The zero-order valence-corrected chi connectivity index (χ0v) is 21.9. The maximum Gasteiger partial charge on any atom is 0.407 e. The number of hydrogen-bond donors (Lipinski definition) is 2. The highest BCUT2D eigenvalue weighted by Gasteiger charge is 2.30. The summed E-state index contributed by atoms with van der Waals surface area (Å²) in [5, 5.41) is 2.94. The molecule has 0 aliphatic heterocycles. The third-order valence-electron chi connectivity index (χ3n) is 5.38. The van der Waals surface area contributed by atoms with Gasteiger partial charge in [0.1, 0.15) is 6.61 Å². The summed E-state index contributed by atoms with van der Waals surface area (Å²) in [5.74, 6) is 0. The van der Waals surface area contributed by atoms with E-state index in [-0.39, 0.29) is 13.2 Å². The number of nitrogens with zero attached hydrogens (tertiary/aromatic N) is 1. The number of rotatable bonds is 12. The molecule has 0 unspecified atom stereocenters. The van der Waals surface area contributed by atoms with Crippen LogP contribution in [-0.2, 0) is 40.1 Å². The number of nitrogens with one attached hydrogen (secondary N) is 2. The average molecular weight is 510 g/mol. The maximum atomic E-state index is 13.1. The van der Waals surface area contributed by atoms with Crippen LogP contribution in [0.15, 0.2) is 85.1 Å². The number of carbonyl (C=O) groups excluding carboxylic acids is 1. The molecule has 0 aliphatic rings. The van der Waals surface area contributed by atoms with Crippen molar-refractivity contribution in [3.63, 3.8) is 0 Å². The van der Waals surface area contributed by atoms with Crippen LogP contribution in [0.1, 0.15) is 37.6 Å². The first-order valence-corrected chi connectivity index (χ1v) is 13.1. The van der Waals surface area contributed by atoms with Gasteiger partial charge < -0.3 is 14.8 Å². The molecular formula is C28H35N3O4S. The lowest BCUT2D eigenvalue weighted by Crippen LogP contribution is -2.55. The molecule has 0 aliphatic carbocycles. The van der Waals surface area contributed by atoms with Gasteiger partial charge in [-0.2, -0.15) is 0 Å². The first-order chi connectivity index (χ1) is 17.3. The molecule has 3 atom stereocenters. The van der Waals surface area contributed by atoms with E-state index in [4.69, 9.17) is 9.47 Å². The van der Waals surface area contributed by atoms with Crippen molar-refractivity contribution < 1.29 is 18.5 Å². The van der Waals surface area contributed by atoms with Crippen LogP contribution in [-0.4, -0.2) is 38.7 Å². The largest absolute Gasteiger partial charge is 0.445 e. The molecule has 0 spiro atoms. The van der Waals surface area contributed by atoms with E-state index in [0.717, 1.165) is 16.8 Å². The zero-order chi connectivity index (χ0) is 25.8. The predicted molar refractivity (Wildman–Crippen MR) is 142 cm³/mol. The summed E-state index contributed by atoms with van der Waals surface area (Å²) in [4.78, 5) is 17.2. The molecule has 192 valence electrons. The molecule has 0 saturated carbocycles. The molecule has 0 saturated heterocycles. The van der Waals surface area contributed by atoms with Crippen LogP contribution >= 0.6 is 0 Å². The number of aromatic nitrogens is 1. The van der Waals surface area contributed by atoms with Crippen LogP contribution in [0.4, 0.5) is 4.79 Å². The summed E-state index contributed by atoms with van der Waals surface area (Å²) in [6.07, 6.45) is 1.60. The third-order valence-corrected chi connectivity index (χ3v) is 7.01. The van der Waals surface area contributed by atoms with Gasteiger partial charge in [-0.3, -0.25) is 4.98 Å². The summed E-state index contributed by atoms with van der Waals surface area (Å²) in [7, 11) is -1.38. The fourth-order valence-corrected chi connectivity index (χ4v) is 4.25. The highest BCUT2D eigenvalue weighted by atomic mass is 32.2. The lowest BCUT2D eigenvalue weighted by atomic mass is 10.0. The quantitative estimate of drug-likeness (QED) is 0.374. The van der Waals surface area contributed by atoms with Gasteiger partial charge in [-0.05, 0) is 44.0 Å². The molecule has 1 heterocycles. The van der Waals surface area contributed by atoms with E-state index < -0.39 is 33.9 Å². The Morgan fingerprint density at radius 3 is 2.08 bits per heavy atom. The lowest BCUT2D eigenvalue weighted by molar-refractivity contribution is 0.0807. The van der Waals surface area contributed by atoms with Crippen LogP contribution in [0.2, 0.25) is 0 Å². The van der Waals surface area contributed by atoms with Gasteiger partial charge in [0.2, 0.25) is 0 Å². The van der Waals surface area contributed by atoms with Crippen LogP contribution in [0.3, 0.4) is 0 Å².